The molecule has 1 atom stereocenters. The average Bonchev–Trinajstić information content (AvgIpc) is 3.01. The number of benzene rings is 1. The van der Waals surface area contributed by atoms with Crippen molar-refractivity contribution >= 4 is 5.91 Å². The Morgan fingerprint density at radius 1 is 1.17 bits per heavy atom. The molecule has 1 fully saturated rings. The predicted molar refractivity (Wildman–Crippen MR) is 94.7 cm³/mol. The second-order valence-electron chi connectivity index (χ2n) is 6.70. The van der Waals surface area contributed by atoms with Crippen molar-refractivity contribution < 1.29 is 4.79 Å². The first kappa shape index (κ1) is 16.7. The smallest absolute Gasteiger partial charge is 0.247 e. The highest BCUT2D eigenvalue weighted by Crippen LogP contribution is 2.14. The van der Waals surface area contributed by atoms with Crippen molar-refractivity contribution in [2.75, 3.05) is 26.2 Å². The molecule has 0 radical (unpaired) electrons. The molecule has 0 aliphatic carbocycles. The van der Waals surface area contributed by atoms with Crippen molar-refractivity contribution in [3.63, 3.8) is 0 Å². The first-order valence-corrected chi connectivity index (χ1v) is 8.61. The van der Waals surface area contributed by atoms with E-state index < -0.39 is 0 Å². The van der Waals surface area contributed by atoms with Crippen molar-refractivity contribution in [1.29, 1.82) is 0 Å². The van der Waals surface area contributed by atoms with Crippen LogP contribution in [-0.4, -0.2) is 51.7 Å². The minimum absolute atomic E-state index is 0.160. The molecule has 1 aliphatic rings. The van der Waals surface area contributed by atoms with Crippen LogP contribution in [0.3, 0.4) is 0 Å². The van der Waals surface area contributed by atoms with Crippen LogP contribution in [0.2, 0.25) is 0 Å². The van der Waals surface area contributed by atoms with E-state index in [2.05, 4.69) is 41.2 Å². The number of nitrogens with zero attached hydrogens (tertiary/aromatic N) is 4. The SMILES string of the molecule is Cc1cccc(CN2CCN(C(=O)C(C)n3ccc(C)n3)CC2)c1. The van der Waals surface area contributed by atoms with Crippen molar-refractivity contribution in [1.82, 2.24) is 19.6 Å². The van der Waals surface area contributed by atoms with Crippen LogP contribution in [0, 0.1) is 13.8 Å². The summed E-state index contributed by atoms with van der Waals surface area (Å²) >= 11 is 0. The molecule has 0 N–H and O–H groups in total. The van der Waals surface area contributed by atoms with E-state index in [1.165, 1.54) is 11.1 Å². The standard InChI is InChI=1S/C19H26N4O/c1-15-5-4-6-18(13-15)14-21-9-11-22(12-10-21)19(24)17(3)23-8-7-16(2)20-23/h4-8,13,17H,9-12,14H2,1-3H3. The lowest BCUT2D eigenvalue weighted by atomic mass is 10.1. The monoisotopic (exact) mass is 326 g/mol. The summed E-state index contributed by atoms with van der Waals surface area (Å²) in [6.07, 6.45) is 1.88. The lowest BCUT2D eigenvalue weighted by molar-refractivity contribution is -0.136. The Labute approximate surface area is 143 Å². The zero-order chi connectivity index (χ0) is 17.1. The highest BCUT2D eigenvalue weighted by Gasteiger charge is 2.26. The van der Waals surface area contributed by atoms with Crippen molar-refractivity contribution in [2.45, 2.75) is 33.4 Å². The number of aryl methyl sites for hydroxylation is 2. The minimum Gasteiger partial charge on any atom is -0.338 e. The number of amides is 1. The van der Waals surface area contributed by atoms with E-state index in [9.17, 15) is 4.79 Å². The van der Waals surface area contributed by atoms with Crippen LogP contribution in [0.5, 0.6) is 0 Å². The molecule has 2 heterocycles. The largest absolute Gasteiger partial charge is 0.338 e. The number of rotatable bonds is 4. The molecule has 1 unspecified atom stereocenters. The maximum absolute atomic E-state index is 12.7. The molecule has 1 saturated heterocycles. The molecule has 0 saturated carbocycles. The van der Waals surface area contributed by atoms with E-state index in [4.69, 9.17) is 0 Å². The third-order valence-corrected chi connectivity index (χ3v) is 4.67. The van der Waals surface area contributed by atoms with Gasteiger partial charge in [0.15, 0.2) is 0 Å². The van der Waals surface area contributed by atoms with Gasteiger partial charge >= 0.3 is 0 Å². The molecular formula is C19H26N4O. The second kappa shape index (κ2) is 7.18. The van der Waals surface area contributed by atoms with Gasteiger partial charge in [0.1, 0.15) is 6.04 Å². The molecule has 1 aliphatic heterocycles. The fraction of sp³-hybridized carbons (Fsp3) is 0.474. The van der Waals surface area contributed by atoms with Crippen LogP contribution in [0.1, 0.15) is 29.8 Å². The predicted octanol–water partition coefficient (Wildman–Crippen LogP) is 2.41. The quantitative estimate of drug-likeness (QED) is 0.866. The van der Waals surface area contributed by atoms with Gasteiger partial charge in [-0.3, -0.25) is 14.4 Å². The van der Waals surface area contributed by atoms with Gasteiger partial charge in [0.2, 0.25) is 5.91 Å². The molecule has 128 valence electrons. The Kier molecular flexibility index (Phi) is 5.00. The van der Waals surface area contributed by atoms with E-state index >= 15 is 0 Å². The van der Waals surface area contributed by atoms with E-state index in [0.29, 0.717) is 0 Å². The number of aromatic nitrogens is 2. The Hall–Kier alpha value is -2.14. The minimum atomic E-state index is -0.234. The number of hydrogen-bond donors (Lipinski definition) is 0. The van der Waals surface area contributed by atoms with Crippen LogP contribution in [0.15, 0.2) is 36.5 Å². The Morgan fingerprint density at radius 2 is 1.92 bits per heavy atom. The molecule has 0 bridgehead atoms. The van der Waals surface area contributed by atoms with Crippen LogP contribution in [0.25, 0.3) is 0 Å². The number of carbonyl (C=O) groups is 1. The van der Waals surface area contributed by atoms with Crippen LogP contribution >= 0.6 is 0 Å². The van der Waals surface area contributed by atoms with Crippen molar-refractivity contribution in [3.05, 3.63) is 53.3 Å². The molecule has 3 rings (SSSR count). The van der Waals surface area contributed by atoms with E-state index in [0.717, 1.165) is 38.4 Å². The fourth-order valence-corrected chi connectivity index (χ4v) is 3.22. The number of carbonyl (C=O) groups excluding carboxylic acids is 1. The number of hydrogen-bond acceptors (Lipinski definition) is 3. The molecular weight excluding hydrogens is 300 g/mol. The Morgan fingerprint density at radius 3 is 2.54 bits per heavy atom. The van der Waals surface area contributed by atoms with E-state index in [-0.39, 0.29) is 11.9 Å². The zero-order valence-corrected chi connectivity index (χ0v) is 14.8. The summed E-state index contributed by atoms with van der Waals surface area (Å²) in [5, 5.41) is 4.36. The van der Waals surface area contributed by atoms with E-state index in [1.54, 1.807) is 4.68 Å². The summed E-state index contributed by atoms with van der Waals surface area (Å²) in [4.78, 5) is 17.0. The van der Waals surface area contributed by atoms with Gasteiger partial charge in [0.05, 0.1) is 5.69 Å². The third kappa shape index (κ3) is 3.85. The van der Waals surface area contributed by atoms with Crippen LogP contribution in [0.4, 0.5) is 0 Å². The number of piperazine rings is 1. The van der Waals surface area contributed by atoms with Gasteiger partial charge in [-0.05, 0) is 32.4 Å². The Balaban J connectivity index is 1.53. The van der Waals surface area contributed by atoms with Crippen LogP contribution in [-0.2, 0) is 11.3 Å². The van der Waals surface area contributed by atoms with Gasteiger partial charge < -0.3 is 4.90 Å². The van der Waals surface area contributed by atoms with Gasteiger partial charge in [-0.25, -0.2) is 0 Å². The zero-order valence-electron chi connectivity index (χ0n) is 14.8. The summed E-state index contributed by atoms with van der Waals surface area (Å²) < 4.78 is 1.76. The summed E-state index contributed by atoms with van der Waals surface area (Å²) in [7, 11) is 0. The molecule has 1 aromatic heterocycles. The lowest BCUT2D eigenvalue weighted by Crippen LogP contribution is -2.49. The summed E-state index contributed by atoms with van der Waals surface area (Å²) in [5.41, 5.74) is 3.58. The van der Waals surface area contributed by atoms with Gasteiger partial charge in [-0.1, -0.05) is 29.8 Å². The fourth-order valence-electron chi connectivity index (χ4n) is 3.22. The highest BCUT2D eigenvalue weighted by molar-refractivity contribution is 5.80. The van der Waals surface area contributed by atoms with Crippen LogP contribution < -0.4 is 0 Å². The third-order valence-electron chi connectivity index (χ3n) is 4.67. The van der Waals surface area contributed by atoms with Gasteiger partial charge in [0, 0.05) is 38.9 Å². The van der Waals surface area contributed by atoms with Crippen molar-refractivity contribution in [3.8, 4) is 0 Å². The Bertz CT molecular complexity index is 701. The molecule has 24 heavy (non-hydrogen) atoms. The van der Waals surface area contributed by atoms with Gasteiger partial charge in [-0.2, -0.15) is 5.10 Å². The normalized spacial score (nSPS) is 17.0. The maximum Gasteiger partial charge on any atom is 0.247 e. The summed E-state index contributed by atoms with van der Waals surface area (Å²) in [6, 6.07) is 10.3. The topological polar surface area (TPSA) is 41.4 Å². The highest BCUT2D eigenvalue weighted by atomic mass is 16.2. The molecule has 5 heteroatoms. The van der Waals surface area contributed by atoms with E-state index in [1.807, 2.05) is 31.0 Å². The molecule has 0 spiro atoms. The summed E-state index contributed by atoms with van der Waals surface area (Å²) in [6.45, 7) is 10.4. The lowest BCUT2D eigenvalue weighted by Gasteiger charge is -2.36. The second-order valence-corrected chi connectivity index (χ2v) is 6.70. The molecule has 2 aromatic rings. The van der Waals surface area contributed by atoms with Gasteiger partial charge in [0.25, 0.3) is 0 Å². The van der Waals surface area contributed by atoms with Gasteiger partial charge in [-0.15, -0.1) is 0 Å². The maximum atomic E-state index is 12.7. The molecule has 1 amide bonds. The first-order valence-electron chi connectivity index (χ1n) is 8.61. The molecule has 5 nitrogen and oxygen atoms in total. The first-order chi connectivity index (χ1) is 11.5. The van der Waals surface area contributed by atoms with Crippen molar-refractivity contribution in [2.24, 2.45) is 0 Å². The average molecular weight is 326 g/mol. The summed E-state index contributed by atoms with van der Waals surface area (Å²) in [5.74, 6) is 0.160. The molecule has 1 aromatic carbocycles.